The summed E-state index contributed by atoms with van der Waals surface area (Å²) in [5, 5.41) is 1.22. The molecule has 0 unspecified atom stereocenters. The minimum Gasteiger partial charge on any atom is -0.369 e. The topological polar surface area (TPSA) is 46.3 Å². The Balaban J connectivity index is 1.69. The number of benzene rings is 1. The normalized spacial score (nSPS) is 19.6. The van der Waals surface area contributed by atoms with Gasteiger partial charge in [-0.25, -0.2) is 0 Å². The number of carbonyl (C=O) groups is 1. The molecule has 0 radical (unpaired) electrons. The van der Waals surface area contributed by atoms with E-state index in [4.69, 9.17) is 28.9 Å². The van der Waals surface area contributed by atoms with Gasteiger partial charge in [-0.15, -0.1) is 0 Å². The van der Waals surface area contributed by atoms with Crippen LogP contribution in [0.25, 0.3) is 0 Å². The molecule has 1 aromatic rings. The Hall–Kier alpha value is -0.770. The Labute approximate surface area is 136 Å². The van der Waals surface area contributed by atoms with Crippen LogP contribution < -0.4 is 5.73 Å². The van der Waals surface area contributed by atoms with E-state index in [0.717, 1.165) is 51.7 Å². The molecule has 1 atom stereocenters. The molecule has 0 bridgehead atoms. The van der Waals surface area contributed by atoms with Crippen LogP contribution in [0.3, 0.4) is 0 Å². The molecule has 3 nitrogen and oxygen atoms in total. The van der Waals surface area contributed by atoms with E-state index in [2.05, 4.69) is 4.90 Å². The summed E-state index contributed by atoms with van der Waals surface area (Å²) in [5.41, 5.74) is 6.62. The highest BCUT2D eigenvalue weighted by Gasteiger charge is 2.23. The Kier molecular flexibility index (Phi) is 6.34. The largest absolute Gasteiger partial charge is 0.369 e. The Morgan fingerprint density at radius 2 is 2.10 bits per heavy atom. The lowest BCUT2D eigenvalue weighted by Crippen LogP contribution is -2.41. The van der Waals surface area contributed by atoms with Gasteiger partial charge in [0.2, 0.25) is 5.91 Å². The maximum absolute atomic E-state index is 11.2. The summed E-state index contributed by atoms with van der Waals surface area (Å²) in [6, 6.07) is 5.81. The first-order chi connectivity index (χ1) is 10.1. The fourth-order valence-electron chi connectivity index (χ4n) is 2.85. The standard InChI is InChI=1S/C16H22Cl2N2O/c17-14-7-6-12(10-15(14)18)4-1-2-8-20-9-3-5-13(11-20)16(19)21/h6-7,10,13H,1-5,8-9,11H2,(H2,19,21)/t13-/m0/s1. The third-order valence-corrected chi connectivity index (χ3v) is 4.82. The zero-order valence-electron chi connectivity index (χ0n) is 12.2. The first-order valence-corrected chi connectivity index (χ1v) is 8.27. The number of halogens is 2. The molecule has 0 spiro atoms. The van der Waals surface area contributed by atoms with Crippen LogP contribution in [-0.2, 0) is 11.2 Å². The van der Waals surface area contributed by atoms with Crippen molar-refractivity contribution >= 4 is 29.1 Å². The second-order valence-electron chi connectivity index (χ2n) is 5.75. The van der Waals surface area contributed by atoms with Crippen LogP contribution in [0.1, 0.15) is 31.2 Å². The van der Waals surface area contributed by atoms with E-state index in [9.17, 15) is 4.79 Å². The van der Waals surface area contributed by atoms with Crippen LogP contribution >= 0.6 is 23.2 Å². The quantitative estimate of drug-likeness (QED) is 0.812. The summed E-state index contributed by atoms with van der Waals surface area (Å²) in [4.78, 5) is 13.6. The van der Waals surface area contributed by atoms with Gasteiger partial charge in [-0.2, -0.15) is 0 Å². The minimum absolute atomic E-state index is 0.0359. The van der Waals surface area contributed by atoms with Crippen molar-refractivity contribution in [1.29, 1.82) is 0 Å². The van der Waals surface area contributed by atoms with E-state index in [1.165, 1.54) is 5.56 Å². The van der Waals surface area contributed by atoms with Gasteiger partial charge in [-0.3, -0.25) is 4.79 Å². The van der Waals surface area contributed by atoms with E-state index in [-0.39, 0.29) is 11.8 Å². The van der Waals surface area contributed by atoms with Crippen LogP contribution in [0.5, 0.6) is 0 Å². The Bertz CT molecular complexity index is 493. The molecule has 1 aromatic carbocycles. The van der Waals surface area contributed by atoms with Gasteiger partial charge in [-0.1, -0.05) is 29.3 Å². The highest BCUT2D eigenvalue weighted by atomic mass is 35.5. The molecule has 116 valence electrons. The number of amides is 1. The van der Waals surface area contributed by atoms with Crippen LogP contribution in [0.2, 0.25) is 10.0 Å². The molecule has 0 saturated carbocycles. The fourth-order valence-corrected chi connectivity index (χ4v) is 3.17. The molecule has 1 heterocycles. The SMILES string of the molecule is NC(=O)[C@H]1CCCN(CCCCc2ccc(Cl)c(Cl)c2)C1. The molecule has 1 saturated heterocycles. The summed E-state index contributed by atoms with van der Waals surface area (Å²) in [5.74, 6) is -0.121. The number of nitrogens with two attached hydrogens (primary N) is 1. The van der Waals surface area contributed by atoms with Crippen LogP contribution in [0, 0.1) is 5.92 Å². The number of hydrogen-bond donors (Lipinski definition) is 1. The summed E-state index contributed by atoms with van der Waals surface area (Å²) in [7, 11) is 0. The maximum Gasteiger partial charge on any atom is 0.221 e. The highest BCUT2D eigenvalue weighted by molar-refractivity contribution is 6.42. The van der Waals surface area contributed by atoms with Gasteiger partial charge in [-0.05, 0) is 62.9 Å². The number of carbonyl (C=O) groups excluding carboxylic acids is 1. The lowest BCUT2D eigenvalue weighted by Gasteiger charge is -2.31. The second kappa shape index (κ2) is 8.02. The van der Waals surface area contributed by atoms with Gasteiger partial charge in [0.25, 0.3) is 0 Å². The van der Waals surface area contributed by atoms with E-state index in [1.54, 1.807) is 0 Å². The van der Waals surface area contributed by atoms with Crippen molar-refractivity contribution in [3.05, 3.63) is 33.8 Å². The lowest BCUT2D eigenvalue weighted by molar-refractivity contribution is -0.123. The molecule has 2 rings (SSSR count). The number of nitrogens with zero attached hydrogens (tertiary/aromatic N) is 1. The first-order valence-electron chi connectivity index (χ1n) is 7.52. The lowest BCUT2D eigenvalue weighted by atomic mass is 9.97. The van der Waals surface area contributed by atoms with Crippen molar-refractivity contribution in [2.24, 2.45) is 11.7 Å². The number of hydrogen-bond acceptors (Lipinski definition) is 2. The Morgan fingerprint density at radius 1 is 1.29 bits per heavy atom. The number of rotatable bonds is 6. The maximum atomic E-state index is 11.2. The number of piperidine rings is 1. The zero-order chi connectivity index (χ0) is 15.2. The Morgan fingerprint density at radius 3 is 2.81 bits per heavy atom. The molecule has 0 aliphatic carbocycles. The van der Waals surface area contributed by atoms with Gasteiger partial charge in [0.15, 0.2) is 0 Å². The molecule has 0 aromatic heterocycles. The van der Waals surface area contributed by atoms with Crippen LogP contribution in [-0.4, -0.2) is 30.4 Å². The van der Waals surface area contributed by atoms with Crippen LogP contribution in [0.15, 0.2) is 18.2 Å². The molecule has 1 aliphatic heterocycles. The predicted molar refractivity (Wildman–Crippen MR) is 87.8 cm³/mol. The van der Waals surface area contributed by atoms with E-state index >= 15 is 0 Å². The van der Waals surface area contributed by atoms with E-state index < -0.39 is 0 Å². The average molecular weight is 329 g/mol. The number of primary amides is 1. The molecule has 1 aliphatic rings. The third kappa shape index (κ3) is 5.17. The number of likely N-dealkylation sites (tertiary alicyclic amines) is 1. The van der Waals surface area contributed by atoms with Crippen molar-refractivity contribution in [1.82, 2.24) is 4.90 Å². The van der Waals surface area contributed by atoms with Gasteiger partial charge in [0.1, 0.15) is 0 Å². The molecule has 1 amide bonds. The second-order valence-corrected chi connectivity index (χ2v) is 6.56. The highest BCUT2D eigenvalue weighted by Crippen LogP contribution is 2.23. The predicted octanol–water partition coefficient (Wildman–Crippen LogP) is 3.51. The fraction of sp³-hybridized carbons (Fsp3) is 0.562. The van der Waals surface area contributed by atoms with Crippen molar-refractivity contribution in [3.8, 4) is 0 Å². The average Bonchev–Trinajstić information content (AvgIpc) is 2.47. The smallest absolute Gasteiger partial charge is 0.221 e. The zero-order valence-corrected chi connectivity index (χ0v) is 13.7. The van der Waals surface area contributed by atoms with E-state index in [1.807, 2.05) is 18.2 Å². The minimum atomic E-state index is -0.157. The van der Waals surface area contributed by atoms with Crippen molar-refractivity contribution < 1.29 is 4.79 Å². The molecule has 1 fully saturated rings. The summed E-state index contributed by atoms with van der Waals surface area (Å²) >= 11 is 11.9. The van der Waals surface area contributed by atoms with Gasteiger partial charge in [0, 0.05) is 6.54 Å². The summed E-state index contributed by atoms with van der Waals surface area (Å²) in [6.45, 7) is 2.93. The third-order valence-electron chi connectivity index (χ3n) is 4.08. The first kappa shape index (κ1) is 16.6. The monoisotopic (exact) mass is 328 g/mol. The molecule has 5 heteroatoms. The molecular formula is C16H22Cl2N2O. The van der Waals surface area contributed by atoms with Crippen LogP contribution in [0.4, 0.5) is 0 Å². The summed E-state index contributed by atoms with van der Waals surface area (Å²) < 4.78 is 0. The molecule has 2 N–H and O–H groups in total. The molecular weight excluding hydrogens is 307 g/mol. The van der Waals surface area contributed by atoms with Crippen molar-refractivity contribution in [3.63, 3.8) is 0 Å². The van der Waals surface area contributed by atoms with Gasteiger partial charge >= 0.3 is 0 Å². The van der Waals surface area contributed by atoms with E-state index in [0.29, 0.717) is 10.0 Å². The van der Waals surface area contributed by atoms with Crippen molar-refractivity contribution in [2.75, 3.05) is 19.6 Å². The number of unbranched alkanes of at least 4 members (excludes halogenated alkanes) is 1. The van der Waals surface area contributed by atoms with Gasteiger partial charge in [0.05, 0.1) is 16.0 Å². The summed E-state index contributed by atoms with van der Waals surface area (Å²) in [6.07, 6.45) is 5.24. The van der Waals surface area contributed by atoms with Crippen molar-refractivity contribution in [2.45, 2.75) is 32.1 Å². The number of aryl methyl sites for hydroxylation is 1. The molecule has 21 heavy (non-hydrogen) atoms. The van der Waals surface area contributed by atoms with Gasteiger partial charge < -0.3 is 10.6 Å².